The van der Waals surface area contributed by atoms with Crippen LogP contribution in [-0.4, -0.2) is 41.0 Å². The van der Waals surface area contributed by atoms with Gasteiger partial charge in [-0.3, -0.25) is 4.79 Å². The molecule has 15 heavy (non-hydrogen) atoms. The molecule has 1 amide bonds. The maximum absolute atomic E-state index is 12.0. The summed E-state index contributed by atoms with van der Waals surface area (Å²) in [6.45, 7) is 1.39. The van der Waals surface area contributed by atoms with E-state index in [1.807, 2.05) is 0 Å². The van der Waals surface area contributed by atoms with Gasteiger partial charge in [-0.2, -0.15) is 0 Å². The summed E-state index contributed by atoms with van der Waals surface area (Å²) in [6, 6.07) is 0. The van der Waals surface area contributed by atoms with Gasteiger partial charge < -0.3 is 10.1 Å². The van der Waals surface area contributed by atoms with Crippen LogP contribution in [0.4, 0.5) is 0 Å². The molecule has 0 saturated carbocycles. The molecule has 2 aliphatic heterocycles. The third-order valence-electron chi connectivity index (χ3n) is 2.97. The van der Waals surface area contributed by atoms with Crippen molar-refractivity contribution in [1.29, 1.82) is 0 Å². The van der Waals surface area contributed by atoms with Gasteiger partial charge in [-0.15, -0.1) is 11.8 Å². The molecule has 86 valence electrons. The molecule has 2 heterocycles. The number of rotatable bonds is 3. The number of carbonyl (C=O) groups is 1. The highest BCUT2D eigenvalue weighted by molar-refractivity contribution is 9.09. The topological polar surface area (TPSA) is 38.3 Å². The fourth-order valence-corrected chi connectivity index (χ4v) is 3.71. The van der Waals surface area contributed by atoms with Gasteiger partial charge in [0.2, 0.25) is 5.91 Å². The molecular formula is C10H16BrNO2S. The standard InChI is InChI=1S/C10H16BrNO2S/c11-6-10(3-4-14-7-10)12-9(13)8-2-1-5-15-8/h8H,1-7H2,(H,12,13). The second-order valence-corrected chi connectivity index (χ2v) is 6.08. The molecule has 2 unspecified atom stereocenters. The zero-order valence-electron chi connectivity index (χ0n) is 8.63. The first kappa shape index (κ1) is 11.7. The maximum Gasteiger partial charge on any atom is 0.233 e. The molecule has 1 N–H and O–H groups in total. The van der Waals surface area contributed by atoms with Gasteiger partial charge in [0.15, 0.2) is 0 Å². The van der Waals surface area contributed by atoms with E-state index in [-0.39, 0.29) is 16.7 Å². The Bertz CT molecular complexity index is 238. The molecule has 0 aromatic carbocycles. The van der Waals surface area contributed by atoms with Gasteiger partial charge in [-0.1, -0.05) is 15.9 Å². The average Bonchev–Trinajstić information content (AvgIpc) is 2.88. The smallest absolute Gasteiger partial charge is 0.233 e. The Labute approximate surface area is 103 Å². The first-order valence-electron chi connectivity index (χ1n) is 5.33. The number of hydrogen-bond acceptors (Lipinski definition) is 3. The summed E-state index contributed by atoms with van der Waals surface area (Å²) >= 11 is 5.24. The van der Waals surface area contributed by atoms with Gasteiger partial charge in [-0.25, -0.2) is 0 Å². The monoisotopic (exact) mass is 293 g/mol. The zero-order chi connectivity index (χ0) is 10.7. The molecule has 2 atom stereocenters. The van der Waals surface area contributed by atoms with E-state index in [9.17, 15) is 4.79 Å². The van der Waals surface area contributed by atoms with Crippen LogP contribution in [0, 0.1) is 0 Å². The van der Waals surface area contributed by atoms with Crippen LogP contribution in [0.5, 0.6) is 0 Å². The Morgan fingerprint density at radius 3 is 3.07 bits per heavy atom. The van der Waals surface area contributed by atoms with Gasteiger partial charge in [0.05, 0.1) is 17.4 Å². The summed E-state index contributed by atoms with van der Waals surface area (Å²) in [5.74, 6) is 1.32. The van der Waals surface area contributed by atoms with Crippen molar-refractivity contribution in [1.82, 2.24) is 5.32 Å². The second-order valence-electron chi connectivity index (χ2n) is 4.21. The van der Waals surface area contributed by atoms with Crippen molar-refractivity contribution in [2.45, 2.75) is 30.1 Å². The van der Waals surface area contributed by atoms with E-state index in [4.69, 9.17) is 4.74 Å². The van der Waals surface area contributed by atoms with Crippen molar-refractivity contribution in [3.8, 4) is 0 Å². The highest BCUT2D eigenvalue weighted by Crippen LogP contribution is 2.28. The van der Waals surface area contributed by atoms with E-state index in [0.717, 1.165) is 30.5 Å². The largest absolute Gasteiger partial charge is 0.379 e. The van der Waals surface area contributed by atoms with Crippen LogP contribution in [0.25, 0.3) is 0 Å². The SMILES string of the molecule is O=C(NC1(CBr)CCOC1)C1CCCS1. The lowest BCUT2D eigenvalue weighted by molar-refractivity contribution is -0.122. The molecule has 0 aromatic rings. The number of carbonyl (C=O) groups excluding carboxylic acids is 1. The normalized spacial score (nSPS) is 35.7. The summed E-state index contributed by atoms with van der Waals surface area (Å²) < 4.78 is 5.36. The molecule has 2 rings (SSSR count). The fourth-order valence-electron chi connectivity index (χ4n) is 1.97. The van der Waals surface area contributed by atoms with Crippen LogP contribution in [0.15, 0.2) is 0 Å². The number of amides is 1. The number of ether oxygens (including phenoxy) is 1. The Kier molecular flexibility index (Phi) is 3.96. The molecule has 0 aliphatic carbocycles. The van der Waals surface area contributed by atoms with Gasteiger partial charge >= 0.3 is 0 Å². The van der Waals surface area contributed by atoms with Crippen molar-refractivity contribution in [2.75, 3.05) is 24.3 Å². The average molecular weight is 294 g/mol. The van der Waals surface area contributed by atoms with Crippen LogP contribution in [0.2, 0.25) is 0 Å². The van der Waals surface area contributed by atoms with Crippen molar-refractivity contribution in [3.05, 3.63) is 0 Å². The van der Waals surface area contributed by atoms with Crippen LogP contribution < -0.4 is 5.32 Å². The Balaban J connectivity index is 1.91. The Morgan fingerprint density at radius 2 is 2.53 bits per heavy atom. The predicted molar refractivity (Wildman–Crippen MR) is 65.6 cm³/mol. The molecule has 0 radical (unpaired) electrons. The van der Waals surface area contributed by atoms with Gasteiger partial charge in [-0.05, 0) is 25.0 Å². The van der Waals surface area contributed by atoms with Crippen LogP contribution in [0.3, 0.4) is 0 Å². The summed E-state index contributed by atoms with van der Waals surface area (Å²) in [5, 5.41) is 4.10. The van der Waals surface area contributed by atoms with Gasteiger partial charge in [0.1, 0.15) is 0 Å². The predicted octanol–water partition coefficient (Wildman–Crippen LogP) is 1.55. The summed E-state index contributed by atoms with van der Waals surface area (Å²) in [6.07, 6.45) is 3.11. The van der Waals surface area contributed by atoms with E-state index in [2.05, 4.69) is 21.2 Å². The number of nitrogens with one attached hydrogen (secondary N) is 1. The molecular weight excluding hydrogens is 278 g/mol. The van der Waals surface area contributed by atoms with Crippen LogP contribution in [-0.2, 0) is 9.53 Å². The maximum atomic E-state index is 12.0. The molecule has 2 fully saturated rings. The van der Waals surface area contributed by atoms with Gasteiger partial charge in [0, 0.05) is 11.9 Å². The minimum absolute atomic E-state index is 0.153. The first-order valence-corrected chi connectivity index (χ1v) is 7.50. The minimum Gasteiger partial charge on any atom is -0.379 e. The number of alkyl halides is 1. The van der Waals surface area contributed by atoms with Crippen molar-refractivity contribution >= 4 is 33.6 Å². The highest BCUT2D eigenvalue weighted by atomic mass is 79.9. The molecule has 0 bridgehead atoms. The number of halogens is 1. The van der Waals surface area contributed by atoms with Crippen LogP contribution in [0.1, 0.15) is 19.3 Å². The third-order valence-corrected chi connectivity index (χ3v) is 5.42. The van der Waals surface area contributed by atoms with E-state index in [0.29, 0.717) is 6.61 Å². The molecule has 3 nitrogen and oxygen atoms in total. The fraction of sp³-hybridized carbons (Fsp3) is 0.900. The van der Waals surface area contributed by atoms with Crippen molar-refractivity contribution in [3.63, 3.8) is 0 Å². The van der Waals surface area contributed by atoms with Crippen molar-refractivity contribution in [2.24, 2.45) is 0 Å². The van der Waals surface area contributed by atoms with Crippen LogP contribution >= 0.6 is 27.7 Å². The van der Waals surface area contributed by atoms with E-state index >= 15 is 0 Å². The van der Waals surface area contributed by atoms with Gasteiger partial charge in [0.25, 0.3) is 0 Å². The zero-order valence-corrected chi connectivity index (χ0v) is 11.0. The first-order chi connectivity index (χ1) is 7.26. The second kappa shape index (κ2) is 5.06. The highest BCUT2D eigenvalue weighted by Gasteiger charge is 2.37. The molecule has 5 heteroatoms. The lowest BCUT2D eigenvalue weighted by Crippen LogP contribution is -2.52. The molecule has 2 saturated heterocycles. The summed E-state index contributed by atoms with van der Waals surface area (Å²) in [5.41, 5.74) is -0.153. The summed E-state index contributed by atoms with van der Waals surface area (Å²) in [7, 11) is 0. The molecule has 0 aromatic heterocycles. The number of hydrogen-bond donors (Lipinski definition) is 1. The molecule has 0 spiro atoms. The Morgan fingerprint density at radius 1 is 1.67 bits per heavy atom. The summed E-state index contributed by atoms with van der Waals surface area (Å²) in [4.78, 5) is 12.0. The lowest BCUT2D eigenvalue weighted by atomic mass is 10.0. The van der Waals surface area contributed by atoms with Crippen molar-refractivity contribution < 1.29 is 9.53 Å². The lowest BCUT2D eigenvalue weighted by Gasteiger charge is -2.27. The van der Waals surface area contributed by atoms with E-state index < -0.39 is 0 Å². The number of thioether (sulfide) groups is 1. The quantitative estimate of drug-likeness (QED) is 0.803. The van der Waals surface area contributed by atoms with E-state index in [1.54, 1.807) is 11.8 Å². The van der Waals surface area contributed by atoms with E-state index in [1.165, 1.54) is 6.42 Å². The third kappa shape index (κ3) is 2.68. The molecule has 2 aliphatic rings. The minimum atomic E-state index is -0.153. The Hall–Kier alpha value is 0.260.